The molecule has 0 atom stereocenters. The molecule has 6 heteroatoms. The van der Waals surface area contributed by atoms with Crippen LogP contribution in [0.5, 0.6) is 5.88 Å². The lowest BCUT2D eigenvalue weighted by atomic mass is 10.1. The summed E-state index contributed by atoms with van der Waals surface area (Å²) in [5, 5.41) is 3.00. The van der Waals surface area contributed by atoms with Crippen LogP contribution in [0.1, 0.15) is 37.0 Å². The molecule has 26 heavy (non-hydrogen) atoms. The molecule has 0 spiro atoms. The minimum atomic E-state index is -0.00855. The van der Waals surface area contributed by atoms with Crippen molar-refractivity contribution in [2.45, 2.75) is 32.7 Å². The van der Waals surface area contributed by atoms with Crippen LogP contribution < -0.4 is 10.1 Å². The van der Waals surface area contributed by atoms with Crippen LogP contribution in [0.25, 0.3) is 16.9 Å². The number of amides is 1. The van der Waals surface area contributed by atoms with Gasteiger partial charge in [0, 0.05) is 29.6 Å². The second kappa shape index (κ2) is 6.78. The van der Waals surface area contributed by atoms with Gasteiger partial charge in [0.05, 0.1) is 18.5 Å². The van der Waals surface area contributed by atoms with Gasteiger partial charge in [-0.1, -0.05) is 26.0 Å². The summed E-state index contributed by atoms with van der Waals surface area (Å²) in [7, 11) is 0. The lowest BCUT2D eigenvalue weighted by Gasteiger charge is -2.09. The molecule has 1 amide bonds. The largest absolute Gasteiger partial charge is 0.475 e. The molecule has 1 aromatic carbocycles. The number of rotatable bonds is 6. The molecular weight excluding hydrogens is 328 g/mol. The zero-order chi connectivity index (χ0) is 18.1. The number of aromatic nitrogens is 3. The Morgan fingerprint density at radius 2 is 2.04 bits per heavy atom. The van der Waals surface area contributed by atoms with Gasteiger partial charge in [0.1, 0.15) is 0 Å². The van der Waals surface area contributed by atoms with Gasteiger partial charge < -0.3 is 10.1 Å². The Balaban J connectivity index is 1.60. The Labute approximate surface area is 152 Å². The maximum Gasteiger partial charge on any atom is 0.258 e. The number of ether oxygens (including phenoxy) is 1. The van der Waals surface area contributed by atoms with Crippen molar-refractivity contribution in [3.05, 3.63) is 48.4 Å². The van der Waals surface area contributed by atoms with E-state index in [2.05, 4.69) is 29.1 Å². The van der Waals surface area contributed by atoms with Crippen molar-refractivity contribution in [1.29, 1.82) is 0 Å². The SMILES string of the molecule is CC(C)COc1nccn2c(-c3ccc(C(=O)NC4CC4)cc3)cnc12. The van der Waals surface area contributed by atoms with E-state index < -0.39 is 0 Å². The third kappa shape index (κ3) is 3.40. The number of nitrogens with one attached hydrogen (secondary N) is 1. The van der Waals surface area contributed by atoms with Gasteiger partial charge in [0.2, 0.25) is 5.65 Å². The molecule has 0 saturated heterocycles. The fraction of sp³-hybridized carbons (Fsp3) is 0.350. The van der Waals surface area contributed by atoms with Crippen LogP contribution in [0, 0.1) is 5.92 Å². The third-order valence-electron chi connectivity index (χ3n) is 4.30. The van der Waals surface area contributed by atoms with Crippen molar-refractivity contribution in [3.63, 3.8) is 0 Å². The van der Waals surface area contributed by atoms with Gasteiger partial charge in [-0.15, -0.1) is 0 Å². The van der Waals surface area contributed by atoms with Crippen molar-refractivity contribution in [2.75, 3.05) is 6.61 Å². The monoisotopic (exact) mass is 350 g/mol. The molecule has 1 aliphatic rings. The molecule has 0 bridgehead atoms. The van der Waals surface area contributed by atoms with Crippen molar-refractivity contribution >= 4 is 11.6 Å². The molecule has 0 aliphatic heterocycles. The first-order valence-corrected chi connectivity index (χ1v) is 8.98. The summed E-state index contributed by atoms with van der Waals surface area (Å²) >= 11 is 0. The number of hydrogen-bond acceptors (Lipinski definition) is 4. The molecule has 2 heterocycles. The van der Waals surface area contributed by atoms with Gasteiger partial charge in [-0.3, -0.25) is 9.20 Å². The summed E-state index contributed by atoms with van der Waals surface area (Å²) in [4.78, 5) is 20.9. The van der Waals surface area contributed by atoms with E-state index in [4.69, 9.17) is 4.74 Å². The Hall–Kier alpha value is -2.89. The van der Waals surface area contributed by atoms with E-state index in [1.54, 1.807) is 12.4 Å². The Kier molecular flexibility index (Phi) is 4.32. The fourth-order valence-electron chi connectivity index (χ4n) is 2.75. The zero-order valence-electron chi connectivity index (χ0n) is 15.0. The predicted octanol–water partition coefficient (Wildman–Crippen LogP) is 3.32. The van der Waals surface area contributed by atoms with Gasteiger partial charge >= 0.3 is 0 Å². The molecule has 1 N–H and O–H groups in total. The first-order valence-electron chi connectivity index (χ1n) is 8.98. The Bertz CT molecular complexity index is 927. The van der Waals surface area contributed by atoms with Crippen molar-refractivity contribution in [2.24, 2.45) is 5.92 Å². The van der Waals surface area contributed by atoms with E-state index in [1.807, 2.05) is 34.9 Å². The van der Waals surface area contributed by atoms with Crippen molar-refractivity contribution in [1.82, 2.24) is 19.7 Å². The number of carbonyl (C=O) groups excluding carboxylic acids is 1. The van der Waals surface area contributed by atoms with E-state index in [0.717, 1.165) is 24.1 Å². The maximum atomic E-state index is 12.1. The molecule has 1 saturated carbocycles. The first-order chi connectivity index (χ1) is 12.6. The second-order valence-electron chi connectivity index (χ2n) is 7.10. The van der Waals surface area contributed by atoms with Gasteiger partial charge in [0.25, 0.3) is 11.8 Å². The molecule has 134 valence electrons. The third-order valence-corrected chi connectivity index (χ3v) is 4.30. The topological polar surface area (TPSA) is 68.5 Å². The van der Waals surface area contributed by atoms with Crippen LogP contribution in [0.2, 0.25) is 0 Å². The summed E-state index contributed by atoms with van der Waals surface area (Å²) in [5.41, 5.74) is 3.29. The highest BCUT2D eigenvalue weighted by Crippen LogP contribution is 2.25. The first kappa shape index (κ1) is 16.6. The average Bonchev–Trinajstić information content (AvgIpc) is 3.35. The van der Waals surface area contributed by atoms with E-state index in [0.29, 0.717) is 35.7 Å². The molecule has 1 fully saturated rings. The minimum absolute atomic E-state index is 0.00855. The highest BCUT2D eigenvalue weighted by atomic mass is 16.5. The summed E-state index contributed by atoms with van der Waals surface area (Å²) < 4.78 is 7.74. The average molecular weight is 350 g/mol. The number of hydrogen-bond donors (Lipinski definition) is 1. The summed E-state index contributed by atoms with van der Waals surface area (Å²) in [6, 6.07) is 7.95. The lowest BCUT2D eigenvalue weighted by molar-refractivity contribution is 0.0951. The molecule has 0 radical (unpaired) electrons. The van der Waals surface area contributed by atoms with Gasteiger partial charge in [-0.2, -0.15) is 0 Å². The van der Waals surface area contributed by atoms with Crippen molar-refractivity contribution in [3.8, 4) is 17.1 Å². The Morgan fingerprint density at radius 3 is 2.73 bits per heavy atom. The zero-order valence-corrected chi connectivity index (χ0v) is 15.0. The number of fused-ring (bicyclic) bond motifs is 1. The van der Waals surface area contributed by atoms with Crippen LogP contribution in [0.15, 0.2) is 42.9 Å². The van der Waals surface area contributed by atoms with Crippen LogP contribution in [-0.2, 0) is 0 Å². The highest BCUT2D eigenvalue weighted by molar-refractivity contribution is 5.95. The van der Waals surface area contributed by atoms with Crippen molar-refractivity contribution < 1.29 is 9.53 Å². The summed E-state index contributed by atoms with van der Waals surface area (Å²) in [6.45, 7) is 4.79. The standard InChI is InChI=1S/C20H22N4O2/c1-13(2)12-26-20-18-22-11-17(24(18)10-9-21-20)14-3-5-15(6-4-14)19(25)23-16-7-8-16/h3-6,9-11,13,16H,7-8,12H2,1-2H3,(H,23,25). The van der Waals surface area contributed by atoms with Gasteiger partial charge in [0.15, 0.2) is 0 Å². The minimum Gasteiger partial charge on any atom is -0.475 e. The number of nitrogens with zero attached hydrogens (tertiary/aromatic N) is 3. The van der Waals surface area contributed by atoms with E-state index in [-0.39, 0.29) is 5.91 Å². The summed E-state index contributed by atoms with van der Waals surface area (Å²) in [6.07, 6.45) is 7.55. The number of imidazole rings is 1. The molecular formula is C20H22N4O2. The van der Waals surface area contributed by atoms with Crippen LogP contribution in [0.4, 0.5) is 0 Å². The van der Waals surface area contributed by atoms with Gasteiger partial charge in [-0.05, 0) is 30.9 Å². The molecule has 6 nitrogen and oxygen atoms in total. The quantitative estimate of drug-likeness (QED) is 0.740. The highest BCUT2D eigenvalue weighted by Gasteiger charge is 2.23. The molecule has 0 unspecified atom stereocenters. The van der Waals surface area contributed by atoms with Gasteiger partial charge in [-0.25, -0.2) is 9.97 Å². The molecule has 2 aromatic heterocycles. The molecule has 3 aromatic rings. The fourth-order valence-corrected chi connectivity index (χ4v) is 2.75. The second-order valence-corrected chi connectivity index (χ2v) is 7.10. The Morgan fingerprint density at radius 1 is 1.27 bits per heavy atom. The smallest absolute Gasteiger partial charge is 0.258 e. The maximum absolute atomic E-state index is 12.1. The summed E-state index contributed by atoms with van der Waals surface area (Å²) in [5.74, 6) is 0.944. The molecule has 1 aliphatic carbocycles. The van der Waals surface area contributed by atoms with E-state index in [9.17, 15) is 4.79 Å². The van der Waals surface area contributed by atoms with Crippen LogP contribution >= 0.6 is 0 Å². The van der Waals surface area contributed by atoms with E-state index >= 15 is 0 Å². The van der Waals surface area contributed by atoms with Crippen LogP contribution in [-0.4, -0.2) is 32.9 Å². The molecule has 4 rings (SSSR count). The predicted molar refractivity (Wildman–Crippen MR) is 99.2 cm³/mol. The normalized spacial score (nSPS) is 14.0. The lowest BCUT2D eigenvalue weighted by Crippen LogP contribution is -2.25. The number of carbonyl (C=O) groups is 1. The van der Waals surface area contributed by atoms with Crippen LogP contribution in [0.3, 0.4) is 0 Å². The van der Waals surface area contributed by atoms with E-state index in [1.165, 1.54) is 0 Å². The number of benzene rings is 1.